The smallest absolute Gasteiger partial charge is 0.242 e. The van der Waals surface area contributed by atoms with Gasteiger partial charge in [-0.3, -0.25) is 9.59 Å². The molecule has 2 rings (SSSR count). The molecule has 1 aliphatic heterocycles. The second-order valence-corrected chi connectivity index (χ2v) is 8.94. The van der Waals surface area contributed by atoms with E-state index in [1.807, 2.05) is 45.9 Å². The Kier molecular flexibility index (Phi) is 8.32. The molecule has 0 aromatic heterocycles. The molecule has 6 heteroatoms. The summed E-state index contributed by atoms with van der Waals surface area (Å²) >= 11 is 6.21. The lowest BCUT2D eigenvalue weighted by molar-refractivity contribution is -0.130. The van der Waals surface area contributed by atoms with Crippen molar-refractivity contribution in [3.05, 3.63) is 34.9 Å². The van der Waals surface area contributed by atoms with E-state index in [1.165, 1.54) is 0 Å². The van der Waals surface area contributed by atoms with Crippen LogP contribution in [0.15, 0.2) is 24.3 Å². The van der Waals surface area contributed by atoms with Gasteiger partial charge in [0.05, 0.1) is 0 Å². The normalized spacial score (nSPS) is 17.4. The lowest BCUT2D eigenvalue weighted by Gasteiger charge is -2.38. The predicted molar refractivity (Wildman–Crippen MR) is 112 cm³/mol. The van der Waals surface area contributed by atoms with E-state index in [0.717, 1.165) is 18.4 Å². The van der Waals surface area contributed by atoms with Crippen LogP contribution >= 0.6 is 11.6 Å². The molecule has 0 bridgehead atoms. The zero-order chi connectivity index (χ0) is 20.7. The molecule has 1 unspecified atom stereocenters. The molecule has 1 saturated heterocycles. The van der Waals surface area contributed by atoms with Gasteiger partial charge in [-0.15, -0.1) is 0 Å². The topological polar surface area (TPSA) is 67.4 Å². The predicted octanol–water partition coefficient (Wildman–Crippen LogP) is 3.69. The Morgan fingerprint density at radius 1 is 1.18 bits per heavy atom. The summed E-state index contributed by atoms with van der Waals surface area (Å²) in [4.78, 5) is 25.1. The van der Waals surface area contributed by atoms with Crippen molar-refractivity contribution in [3.8, 4) is 0 Å². The molecule has 1 fully saturated rings. The molecule has 1 heterocycles. The van der Waals surface area contributed by atoms with Crippen LogP contribution in [0.5, 0.6) is 0 Å². The van der Waals surface area contributed by atoms with Gasteiger partial charge in [0.2, 0.25) is 11.8 Å². The molecule has 156 valence electrons. The first-order valence-corrected chi connectivity index (χ1v) is 10.5. The van der Waals surface area contributed by atoms with Crippen LogP contribution in [-0.4, -0.2) is 37.6 Å². The summed E-state index contributed by atoms with van der Waals surface area (Å²) in [6.45, 7) is 9.68. The van der Waals surface area contributed by atoms with Gasteiger partial charge >= 0.3 is 0 Å². The Balaban J connectivity index is 2.10. The number of carbonyl (C=O) groups excluding carboxylic acids is 2. The highest BCUT2D eigenvalue weighted by Crippen LogP contribution is 2.35. The van der Waals surface area contributed by atoms with Crippen molar-refractivity contribution in [2.45, 2.75) is 58.4 Å². The van der Waals surface area contributed by atoms with Gasteiger partial charge in [0.15, 0.2) is 0 Å². The maximum Gasteiger partial charge on any atom is 0.242 e. The molecule has 28 heavy (non-hydrogen) atoms. The minimum Gasteiger partial charge on any atom is -0.381 e. The van der Waals surface area contributed by atoms with Gasteiger partial charge < -0.3 is 15.4 Å². The van der Waals surface area contributed by atoms with E-state index in [9.17, 15) is 9.59 Å². The number of hydrogen-bond acceptors (Lipinski definition) is 3. The largest absolute Gasteiger partial charge is 0.381 e. The summed E-state index contributed by atoms with van der Waals surface area (Å²) < 4.78 is 5.56. The number of rotatable bonds is 8. The minimum absolute atomic E-state index is 0.00733. The van der Waals surface area contributed by atoms with Crippen molar-refractivity contribution in [1.29, 1.82) is 0 Å². The quantitative estimate of drug-likeness (QED) is 0.689. The number of ether oxygens (including phenoxy) is 1. The van der Waals surface area contributed by atoms with Gasteiger partial charge in [0, 0.05) is 36.6 Å². The number of hydrogen-bond donors (Lipinski definition) is 2. The molecule has 1 aromatic rings. The third kappa shape index (κ3) is 6.21. The molecular weight excluding hydrogens is 376 g/mol. The number of benzene rings is 1. The summed E-state index contributed by atoms with van der Waals surface area (Å²) in [7, 11) is 0. The molecule has 2 amide bonds. The second kappa shape index (κ2) is 10.3. The Bertz CT molecular complexity index is 670. The molecule has 5 nitrogen and oxygen atoms in total. The Morgan fingerprint density at radius 3 is 2.43 bits per heavy atom. The van der Waals surface area contributed by atoms with Gasteiger partial charge in [0.1, 0.15) is 6.04 Å². The first-order valence-electron chi connectivity index (χ1n) is 10.1. The van der Waals surface area contributed by atoms with Gasteiger partial charge in [-0.05, 0) is 42.4 Å². The highest BCUT2D eigenvalue weighted by Gasteiger charge is 2.36. The Morgan fingerprint density at radius 2 is 1.86 bits per heavy atom. The molecular formula is C22H33ClN2O3. The fourth-order valence-corrected chi connectivity index (χ4v) is 3.84. The average Bonchev–Trinajstić information content (AvgIpc) is 2.64. The molecule has 1 aliphatic rings. The van der Waals surface area contributed by atoms with E-state index in [4.69, 9.17) is 16.3 Å². The highest BCUT2D eigenvalue weighted by atomic mass is 35.5. The van der Waals surface area contributed by atoms with Crippen LogP contribution in [0.2, 0.25) is 5.02 Å². The van der Waals surface area contributed by atoms with E-state index in [-0.39, 0.29) is 29.1 Å². The SMILES string of the molecule is CC(C)CC(=O)NC(C(=O)NCC1(c2cccc(Cl)c2)CCOCC1)C(C)C. The minimum atomic E-state index is -0.539. The third-order valence-corrected chi connectivity index (χ3v) is 5.58. The molecule has 0 radical (unpaired) electrons. The molecule has 0 aliphatic carbocycles. The third-order valence-electron chi connectivity index (χ3n) is 5.35. The van der Waals surface area contributed by atoms with Crippen LogP contribution in [0.1, 0.15) is 52.5 Å². The Labute approximate surface area is 173 Å². The molecule has 1 atom stereocenters. The molecule has 2 N–H and O–H groups in total. The van der Waals surface area contributed by atoms with E-state index in [1.54, 1.807) is 0 Å². The highest BCUT2D eigenvalue weighted by molar-refractivity contribution is 6.30. The van der Waals surface area contributed by atoms with Crippen LogP contribution in [0.4, 0.5) is 0 Å². The van der Waals surface area contributed by atoms with Gasteiger partial charge in [0.25, 0.3) is 0 Å². The van der Waals surface area contributed by atoms with Crippen molar-refractivity contribution in [1.82, 2.24) is 10.6 Å². The first kappa shape index (κ1) is 22.7. The van der Waals surface area contributed by atoms with Crippen LogP contribution in [0.3, 0.4) is 0 Å². The number of halogens is 1. The fourth-order valence-electron chi connectivity index (χ4n) is 3.65. The summed E-state index contributed by atoms with van der Waals surface area (Å²) in [6, 6.07) is 7.30. The first-order chi connectivity index (χ1) is 13.2. The zero-order valence-corrected chi connectivity index (χ0v) is 18.1. The standard InChI is InChI=1S/C22H33ClN2O3/c1-15(2)12-19(26)25-20(16(3)4)21(27)24-14-22(8-10-28-11-9-22)17-6-5-7-18(23)13-17/h5-7,13,15-16,20H,8-12,14H2,1-4H3,(H,24,27)(H,25,26). The second-order valence-electron chi connectivity index (χ2n) is 8.51. The van der Waals surface area contributed by atoms with Crippen molar-refractivity contribution in [2.75, 3.05) is 19.8 Å². The monoisotopic (exact) mass is 408 g/mol. The average molecular weight is 409 g/mol. The maximum atomic E-state index is 12.9. The van der Waals surface area contributed by atoms with E-state index in [0.29, 0.717) is 31.2 Å². The van der Waals surface area contributed by atoms with Crippen molar-refractivity contribution < 1.29 is 14.3 Å². The van der Waals surface area contributed by atoms with Gasteiger partial charge in [-0.2, -0.15) is 0 Å². The number of amides is 2. The summed E-state index contributed by atoms with van der Waals surface area (Å²) in [5.41, 5.74) is 0.913. The van der Waals surface area contributed by atoms with Crippen molar-refractivity contribution in [2.24, 2.45) is 11.8 Å². The van der Waals surface area contributed by atoms with Gasteiger partial charge in [-0.1, -0.05) is 51.4 Å². The molecule has 0 saturated carbocycles. The zero-order valence-electron chi connectivity index (χ0n) is 17.4. The summed E-state index contributed by atoms with van der Waals surface area (Å²) in [5.74, 6) is 0.0385. The molecule has 1 aromatic carbocycles. The van der Waals surface area contributed by atoms with E-state index < -0.39 is 6.04 Å². The summed E-state index contributed by atoms with van der Waals surface area (Å²) in [5, 5.41) is 6.69. The van der Waals surface area contributed by atoms with Gasteiger partial charge in [-0.25, -0.2) is 0 Å². The Hall–Kier alpha value is -1.59. The lowest BCUT2D eigenvalue weighted by Crippen LogP contribution is -2.53. The van der Waals surface area contributed by atoms with Crippen LogP contribution in [0, 0.1) is 11.8 Å². The van der Waals surface area contributed by atoms with Crippen molar-refractivity contribution >= 4 is 23.4 Å². The van der Waals surface area contributed by atoms with Crippen molar-refractivity contribution in [3.63, 3.8) is 0 Å². The van der Waals surface area contributed by atoms with Crippen LogP contribution in [0.25, 0.3) is 0 Å². The number of carbonyl (C=O) groups is 2. The summed E-state index contributed by atoms with van der Waals surface area (Å²) in [6.07, 6.45) is 2.06. The number of nitrogens with one attached hydrogen (secondary N) is 2. The van der Waals surface area contributed by atoms with Crippen LogP contribution < -0.4 is 10.6 Å². The molecule has 0 spiro atoms. The van der Waals surface area contributed by atoms with Crippen LogP contribution in [-0.2, 0) is 19.7 Å². The fraction of sp³-hybridized carbons (Fsp3) is 0.636. The maximum absolute atomic E-state index is 12.9. The van der Waals surface area contributed by atoms with E-state index >= 15 is 0 Å². The lowest BCUT2D eigenvalue weighted by atomic mass is 9.74. The van der Waals surface area contributed by atoms with E-state index in [2.05, 4.69) is 16.7 Å².